The van der Waals surface area contributed by atoms with Crippen molar-refractivity contribution in [1.82, 2.24) is 0 Å². The lowest BCUT2D eigenvalue weighted by molar-refractivity contribution is 0.0529. The summed E-state index contributed by atoms with van der Waals surface area (Å²) in [7, 11) is 0. The molecule has 0 saturated carbocycles. The summed E-state index contributed by atoms with van der Waals surface area (Å²) in [6.07, 6.45) is -0.505. The van der Waals surface area contributed by atoms with E-state index >= 15 is 0 Å². The molecule has 2 rings (SSSR count). The van der Waals surface area contributed by atoms with Crippen molar-refractivity contribution in [3.05, 3.63) is 29.6 Å². The molecule has 0 spiro atoms. The van der Waals surface area contributed by atoms with Gasteiger partial charge in [-0.2, -0.15) is 0 Å². The smallest absolute Gasteiger partial charge is 0.123 e. The maximum atomic E-state index is 13.2. The number of aliphatic hydroxyl groups is 1. The highest BCUT2D eigenvalue weighted by Crippen LogP contribution is 2.28. The third-order valence-corrected chi connectivity index (χ3v) is 3.02. The molecule has 0 radical (unpaired) electrons. The second-order valence-corrected chi connectivity index (χ2v) is 4.51. The van der Waals surface area contributed by atoms with E-state index in [0.717, 1.165) is 18.8 Å². The molecular weight excluding hydrogens is 221 g/mol. The molecule has 1 aromatic rings. The van der Waals surface area contributed by atoms with Crippen molar-refractivity contribution in [2.75, 3.05) is 24.6 Å². The van der Waals surface area contributed by atoms with Crippen molar-refractivity contribution >= 4 is 5.69 Å². The predicted octanol–water partition coefficient (Wildman–Crippen LogP) is 2.10. The molecule has 17 heavy (non-hydrogen) atoms. The molecule has 2 atom stereocenters. The van der Waals surface area contributed by atoms with E-state index < -0.39 is 6.10 Å². The largest absolute Gasteiger partial charge is 0.389 e. The molecule has 1 unspecified atom stereocenters. The van der Waals surface area contributed by atoms with E-state index in [4.69, 9.17) is 4.74 Å². The minimum atomic E-state index is -0.668. The third-order valence-electron chi connectivity index (χ3n) is 3.02. The zero-order chi connectivity index (χ0) is 12.4. The van der Waals surface area contributed by atoms with Crippen molar-refractivity contribution < 1.29 is 14.2 Å². The van der Waals surface area contributed by atoms with Crippen LogP contribution < -0.4 is 4.90 Å². The molecule has 1 aromatic carbocycles. The summed E-state index contributed by atoms with van der Waals surface area (Å²) in [5.41, 5.74) is 1.54. The number of nitrogens with zero attached hydrogens (tertiary/aromatic N) is 1. The lowest BCUT2D eigenvalue weighted by atomic mass is 10.1. The van der Waals surface area contributed by atoms with Crippen LogP contribution in [0.5, 0.6) is 0 Å². The Balaban J connectivity index is 2.30. The molecule has 1 fully saturated rings. The average Bonchev–Trinajstić information content (AvgIpc) is 2.28. The zero-order valence-electron chi connectivity index (χ0n) is 10.2. The standard InChI is InChI=1S/C13H18FNO2/c1-9-8-15(5-6-17-9)13-4-3-11(14)7-12(13)10(2)16/h3-4,7,9-10,16H,5-6,8H2,1-2H3/t9?,10-/m0/s1. The lowest BCUT2D eigenvalue weighted by Gasteiger charge is -2.34. The average molecular weight is 239 g/mol. The molecule has 3 nitrogen and oxygen atoms in total. The number of ether oxygens (including phenoxy) is 1. The Hall–Kier alpha value is -1.13. The monoisotopic (exact) mass is 239 g/mol. The molecule has 0 aromatic heterocycles. The van der Waals surface area contributed by atoms with E-state index in [1.807, 2.05) is 6.92 Å². The highest BCUT2D eigenvalue weighted by atomic mass is 19.1. The second-order valence-electron chi connectivity index (χ2n) is 4.51. The van der Waals surface area contributed by atoms with E-state index in [9.17, 15) is 9.50 Å². The van der Waals surface area contributed by atoms with E-state index in [1.165, 1.54) is 12.1 Å². The first-order valence-corrected chi connectivity index (χ1v) is 5.92. The Morgan fingerprint density at radius 2 is 2.29 bits per heavy atom. The molecule has 0 aliphatic carbocycles. The van der Waals surface area contributed by atoms with Gasteiger partial charge in [0.05, 0.1) is 18.8 Å². The van der Waals surface area contributed by atoms with E-state index in [2.05, 4.69) is 4.90 Å². The summed E-state index contributed by atoms with van der Waals surface area (Å²) < 4.78 is 18.7. The fourth-order valence-electron chi connectivity index (χ4n) is 2.19. The first-order valence-electron chi connectivity index (χ1n) is 5.92. The van der Waals surface area contributed by atoms with Crippen LogP contribution in [0.15, 0.2) is 18.2 Å². The molecule has 0 amide bonds. The van der Waals surface area contributed by atoms with Gasteiger partial charge in [-0.3, -0.25) is 0 Å². The molecule has 1 saturated heterocycles. The summed E-state index contributed by atoms with van der Waals surface area (Å²) in [6, 6.07) is 4.57. The van der Waals surface area contributed by atoms with Crippen LogP contribution in [-0.4, -0.2) is 30.9 Å². The van der Waals surface area contributed by atoms with E-state index in [0.29, 0.717) is 12.2 Å². The highest BCUT2D eigenvalue weighted by Gasteiger charge is 2.20. The van der Waals surface area contributed by atoms with Crippen LogP contribution in [-0.2, 0) is 4.74 Å². The topological polar surface area (TPSA) is 32.7 Å². The molecule has 1 aliphatic rings. The van der Waals surface area contributed by atoms with Gasteiger partial charge in [-0.25, -0.2) is 4.39 Å². The maximum Gasteiger partial charge on any atom is 0.123 e. The summed E-state index contributed by atoms with van der Waals surface area (Å²) in [6.45, 7) is 5.87. The first-order chi connectivity index (χ1) is 8.08. The van der Waals surface area contributed by atoms with Crippen LogP contribution in [0.25, 0.3) is 0 Å². The molecular formula is C13H18FNO2. The molecule has 1 aliphatic heterocycles. The summed E-state index contributed by atoms with van der Waals surface area (Å²) in [5, 5.41) is 9.70. The minimum absolute atomic E-state index is 0.163. The van der Waals surface area contributed by atoms with E-state index in [-0.39, 0.29) is 11.9 Å². The number of hydrogen-bond donors (Lipinski definition) is 1. The van der Waals surface area contributed by atoms with Crippen molar-refractivity contribution in [3.63, 3.8) is 0 Å². The number of rotatable bonds is 2. The highest BCUT2D eigenvalue weighted by molar-refractivity contribution is 5.55. The van der Waals surface area contributed by atoms with Gasteiger partial charge in [0.15, 0.2) is 0 Å². The van der Waals surface area contributed by atoms with Crippen molar-refractivity contribution in [1.29, 1.82) is 0 Å². The molecule has 0 bridgehead atoms. The Morgan fingerprint density at radius 1 is 1.53 bits per heavy atom. The van der Waals surface area contributed by atoms with Crippen LogP contribution in [0.4, 0.5) is 10.1 Å². The minimum Gasteiger partial charge on any atom is -0.389 e. The molecule has 1 N–H and O–H groups in total. The van der Waals surface area contributed by atoms with Crippen molar-refractivity contribution in [2.24, 2.45) is 0 Å². The lowest BCUT2D eigenvalue weighted by Crippen LogP contribution is -2.41. The number of aliphatic hydroxyl groups excluding tert-OH is 1. The SMILES string of the molecule is CC1CN(c2ccc(F)cc2[C@H](C)O)CCO1. The Bertz CT molecular complexity index is 395. The molecule has 4 heteroatoms. The number of halogens is 1. The van der Waals surface area contributed by atoms with Crippen LogP contribution in [0, 0.1) is 5.82 Å². The van der Waals surface area contributed by atoms with Gasteiger partial charge in [-0.15, -0.1) is 0 Å². The van der Waals surface area contributed by atoms with Gasteiger partial charge in [0.1, 0.15) is 5.82 Å². The van der Waals surface area contributed by atoms with Gasteiger partial charge in [-0.05, 0) is 32.0 Å². The van der Waals surface area contributed by atoms with Crippen molar-refractivity contribution in [2.45, 2.75) is 26.1 Å². The number of hydrogen-bond acceptors (Lipinski definition) is 3. The zero-order valence-corrected chi connectivity index (χ0v) is 10.2. The predicted molar refractivity (Wildman–Crippen MR) is 64.7 cm³/mol. The normalized spacial score (nSPS) is 22.6. The molecule has 1 heterocycles. The Labute approximate surface area is 101 Å². The van der Waals surface area contributed by atoms with Gasteiger partial charge >= 0.3 is 0 Å². The summed E-state index contributed by atoms with van der Waals surface area (Å²) >= 11 is 0. The second kappa shape index (κ2) is 5.02. The quantitative estimate of drug-likeness (QED) is 0.858. The van der Waals surface area contributed by atoms with Crippen LogP contribution in [0.2, 0.25) is 0 Å². The van der Waals surface area contributed by atoms with Gasteiger partial charge in [0.2, 0.25) is 0 Å². The van der Waals surface area contributed by atoms with Gasteiger partial charge in [-0.1, -0.05) is 0 Å². The fourth-order valence-corrected chi connectivity index (χ4v) is 2.19. The van der Waals surface area contributed by atoms with Gasteiger partial charge in [0, 0.05) is 24.3 Å². The third kappa shape index (κ3) is 2.76. The first kappa shape index (κ1) is 12.3. The van der Waals surface area contributed by atoms with Crippen LogP contribution in [0.1, 0.15) is 25.5 Å². The van der Waals surface area contributed by atoms with Crippen LogP contribution in [0.3, 0.4) is 0 Å². The molecule has 94 valence electrons. The Kier molecular flexibility index (Phi) is 3.64. The van der Waals surface area contributed by atoms with Gasteiger partial charge < -0.3 is 14.7 Å². The van der Waals surface area contributed by atoms with Gasteiger partial charge in [0.25, 0.3) is 0 Å². The summed E-state index contributed by atoms with van der Waals surface area (Å²) in [4.78, 5) is 2.13. The Morgan fingerprint density at radius 3 is 2.94 bits per heavy atom. The van der Waals surface area contributed by atoms with E-state index in [1.54, 1.807) is 13.0 Å². The fraction of sp³-hybridized carbons (Fsp3) is 0.538. The van der Waals surface area contributed by atoms with Crippen molar-refractivity contribution in [3.8, 4) is 0 Å². The maximum absolute atomic E-state index is 13.2. The number of morpholine rings is 1. The van der Waals surface area contributed by atoms with Crippen LogP contribution >= 0.6 is 0 Å². The summed E-state index contributed by atoms with van der Waals surface area (Å²) in [5.74, 6) is -0.314. The number of benzene rings is 1. The number of anilines is 1.